The van der Waals surface area contributed by atoms with Gasteiger partial charge in [0.25, 0.3) is 5.91 Å². The number of amides is 1. The van der Waals surface area contributed by atoms with E-state index in [0.717, 1.165) is 36.2 Å². The molecule has 4 heteroatoms. The summed E-state index contributed by atoms with van der Waals surface area (Å²) in [6, 6.07) is 17.6. The topological polar surface area (TPSA) is 42.7 Å². The Morgan fingerprint density at radius 2 is 1.96 bits per heavy atom. The summed E-state index contributed by atoms with van der Waals surface area (Å²) in [6.45, 7) is 1.48. The lowest BCUT2D eigenvalue weighted by atomic mass is 9.98. The van der Waals surface area contributed by atoms with E-state index in [9.17, 15) is 4.79 Å². The van der Waals surface area contributed by atoms with E-state index in [4.69, 9.17) is 9.15 Å². The molecule has 1 unspecified atom stereocenters. The van der Waals surface area contributed by atoms with Crippen LogP contribution in [0.3, 0.4) is 0 Å². The molecule has 122 valence electrons. The van der Waals surface area contributed by atoms with Crippen LogP contribution in [-0.2, 0) is 0 Å². The standard InChI is InChI=1S/C20H19NO3/c1-23-17-8-6-14(7-9-17)16-10-11-21(13-16)20(22)19-12-15-4-2-3-5-18(15)24-19/h2-9,12,16H,10-11,13H2,1H3. The second-order valence-electron chi connectivity index (χ2n) is 6.16. The maximum Gasteiger partial charge on any atom is 0.289 e. The largest absolute Gasteiger partial charge is 0.497 e. The monoisotopic (exact) mass is 321 g/mol. The van der Waals surface area contributed by atoms with Crippen LogP contribution in [0.4, 0.5) is 0 Å². The Morgan fingerprint density at radius 1 is 1.17 bits per heavy atom. The number of rotatable bonds is 3. The van der Waals surface area contributed by atoms with Crippen molar-refractivity contribution in [3.05, 3.63) is 65.9 Å². The second kappa shape index (κ2) is 6.04. The Hall–Kier alpha value is -2.75. The number of hydrogen-bond donors (Lipinski definition) is 0. The molecule has 1 aliphatic rings. The Kier molecular flexibility index (Phi) is 3.73. The number of hydrogen-bond acceptors (Lipinski definition) is 3. The first-order valence-electron chi connectivity index (χ1n) is 8.16. The fourth-order valence-electron chi connectivity index (χ4n) is 3.34. The van der Waals surface area contributed by atoms with Crippen LogP contribution >= 0.6 is 0 Å². The van der Waals surface area contributed by atoms with Crippen molar-refractivity contribution in [1.29, 1.82) is 0 Å². The van der Waals surface area contributed by atoms with Crippen molar-refractivity contribution < 1.29 is 13.9 Å². The van der Waals surface area contributed by atoms with Gasteiger partial charge in [0.05, 0.1) is 7.11 Å². The van der Waals surface area contributed by atoms with Crippen LogP contribution in [0, 0.1) is 0 Å². The van der Waals surface area contributed by atoms with Gasteiger partial charge in [-0.3, -0.25) is 4.79 Å². The second-order valence-corrected chi connectivity index (χ2v) is 6.16. The van der Waals surface area contributed by atoms with Gasteiger partial charge in [0, 0.05) is 24.4 Å². The summed E-state index contributed by atoms with van der Waals surface area (Å²) in [4.78, 5) is 14.6. The van der Waals surface area contributed by atoms with E-state index in [1.165, 1.54) is 5.56 Å². The van der Waals surface area contributed by atoms with Crippen molar-refractivity contribution in [2.75, 3.05) is 20.2 Å². The number of benzene rings is 2. The van der Waals surface area contributed by atoms with Gasteiger partial charge in [0.1, 0.15) is 11.3 Å². The van der Waals surface area contributed by atoms with Gasteiger partial charge in [-0.05, 0) is 36.2 Å². The number of methoxy groups -OCH3 is 1. The van der Waals surface area contributed by atoms with Gasteiger partial charge in [-0.25, -0.2) is 0 Å². The zero-order valence-corrected chi connectivity index (χ0v) is 13.6. The number of fused-ring (bicyclic) bond motifs is 1. The van der Waals surface area contributed by atoms with Crippen molar-refractivity contribution >= 4 is 16.9 Å². The predicted molar refractivity (Wildman–Crippen MR) is 92.5 cm³/mol. The lowest BCUT2D eigenvalue weighted by Gasteiger charge is -2.15. The summed E-state index contributed by atoms with van der Waals surface area (Å²) < 4.78 is 10.9. The highest BCUT2D eigenvalue weighted by atomic mass is 16.5. The number of nitrogens with zero attached hydrogens (tertiary/aromatic N) is 1. The van der Waals surface area contributed by atoms with Crippen LogP contribution in [0.1, 0.15) is 28.5 Å². The fraction of sp³-hybridized carbons (Fsp3) is 0.250. The highest BCUT2D eigenvalue weighted by Gasteiger charge is 2.29. The molecular formula is C20H19NO3. The van der Waals surface area contributed by atoms with Gasteiger partial charge in [-0.15, -0.1) is 0 Å². The summed E-state index contributed by atoms with van der Waals surface area (Å²) in [5, 5.41) is 0.965. The lowest BCUT2D eigenvalue weighted by Crippen LogP contribution is -2.28. The molecule has 4 rings (SSSR count). The quantitative estimate of drug-likeness (QED) is 0.730. The van der Waals surface area contributed by atoms with Gasteiger partial charge in [-0.2, -0.15) is 0 Å². The molecule has 0 spiro atoms. The van der Waals surface area contributed by atoms with Crippen molar-refractivity contribution in [2.45, 2.75) is 12.3 Å². The number of para-hydroxylation sites is 1. The van der Waals surface area contributed by atoms with E-state index in [-0.39, 0.29) is 5.91 Å². The van der Waals surface area contributed by atoms with E-state index in [1.807, 2.05) is 47.4 Å². The van der Waals surface area contributed by atoms with E-state index in [2.05, 4.69) is 12.1 Å². The molecule has 1 aromatic heterocycles. The third-order valence-electron chi connectivity index (χ3n) is 4.70. The van der Waals surface area contributed by atoms with Crippen LogP contribution < -0.4 is 4.74 Å². The molecule has 1 fully saturated rings. The first kappa shape index (κ1) is 14.8. The Bertz CT molecular complexity index is 833. The number of furan rings is 1. The van der Waals surface area contributed by atoms with E-state index < -0.39 is 0 Å². The van der Waals surface area contributed by atoms with Gasteiger partial charge in [0.15, 0.2) is 5.76 Å². The molecule has 1 amide bonds. The SMILES string of the molecule is COc1ccc(C2CCN(C(=O)c3cc4ccccc4o3)C2)cc1. The molecule has 0 bridgehead atoms. The normalized spacial score (nSPS) is 17.4. The molecule has 24 heavy (non-hydrogen) atoms. The van der Waals surface area contributed by atoms with E-state index in [1.54, 1.807) is 7.11 Å². The summed E-state index contributed by atoms with van der Waals surface area (Å²) >= 11 is 0. The molecule has 2 aromatic carbocycles. The molecule has 3 aromatic rings. The van der Waals surface area contributed by atoms with Gasteiger partial charge < -0.3 is 14.1 Å². The van der Waals surface area contributed by atoms with Gasteiger partial charge in [-0.1, -0.05) is 30.3 Å². The highest BCUT2D eigenvalue weighted by molar-refractivity contribution is 5.96. The van der Waals surface area contributed by atoms with E-state index in [0.29, 0.717) is 11.7 Å². The van der Waals surface area contributed by atoms with Crippen LogP contribution in [-0.4, -0.2) is 31.0 Å². The highest BCUT2D eigenvalue weighted by Crippen LogP contribution is 2.30. The molecule has 1 saturated heterocycles. The molecular weight excluding hydrogens is 302 g/mol. The van der Waals surface area contributed by atoms with Crippen LogP contribution in [0.25, 0.3) is 11.0 Å². The molecule has 2 heterocycles. The van der Waals surface area contributed by atoms with Crippen LogP contribution in [0.15, 0.2) is 59.0 Å². The molecule has 4 nitrogen and oxygen atoms in total. The zero-order chi connectivity index (χ0) is 16.5. The third-order valence-corrected chi connectivity index (χ3v) is 4.70. The Morgan fingerprint density at radius 3 is 2.71 bits per heavy atom. The average molecular weight is 321 g/mol. The number of ether oxygens (including phenoxy) is 1. The minimum Gasteiger partial charge on any atom is -0.497 e. The lowest BCUT2D eigenvalue weighted by molar-refractivity contribution is 0.0761. The number of carbonyl (C=O) groups is 1. The Labute approximate surface area is 140 Å². The molecule has 1 atom stereocenters. The average Bonchev–Trinajstić information content (AvgIpc) is 3.28. The third kappa shape index (κ3) is 2.64. The molecule has 1 aliphatic heterocycles. The Balaban J connectivity index is 1.50. The molecule has 0 radical (unpaired) electrons. The van der Waals surface area contributed by atoms with Crippen molar-refractivity contribution in [1.82, 2.24) is 4.90 Å². The maximum absolute atomic E-state index is 12.7. The fourth-order valence-corrected chi connectivity index (χ4v) is 3.34. The molecule has 0 N–H and O–H groups in total. The minimum absolute atomic E-state index is 0.0257. The zero-order valence-electron chi connectivity index (χ0n) is 13.6. The van der Waals surface area contributed by atoms with Crippen molar-refractivity contribution in [2.24, 2.45) is 0 Å². The summed E-state index contributed by atoms with van der Waals surface area (Å²) in [6.07, 6.45) is 0.971. The summed E-state index contributed by atoms with van der Waals surface area (Å²) in [5.41, 5.74) is 2.00. The first-order valence-corrected chi connectivity index (χ1v) is 8.16. The summed E-state index contributed by atoms with van der Waals surface area (Å²) in [7, 11) is 1.66. The smallest absolute Gasteiger partial charge is 0.289 e. The number of carbonyl (C=O) groups excluding carboxylic acids is 1. The molecule has 0 aliphatic carbocycles. The van der Waals surface area contributed by atoms with Gasteiger partial charge >= 0.3 is 0 Å². The van der Waals surface area contributed by atoms with Crippen LogP contribution in [0.5, 0.6) is 5.75 Å². The first-order chi connectivity index (χ1) is 11.7. The number of likely N-dealkylation sites (tertiary alicyclic amines) is 1. The minimum atomic E-state index is -0.0257. The summed E-state index contributed by atoms with van der Waals surface area (Å²) in [5.74, 6) is 1.62. The molecule has 0 saturated carbocycles. The van der Waals surface area contributed by atoms with Crippen LogP contribution in [0.2, 0.25) is 0 Å². The van der Waals surface area contributed by atoms with E-state index >= 15 is 0 Å². The van der Waals surface area contributed by atoms with Crippen molar-refractivity contribution in [3.63, 3.8) is 0 Å². The van der Waals surface area contributed by atoms with Crippen molar-refractivity contribution in [3.8, 4) is 5.75 Å². The van der Waals surface area contributed by atoms with Gasteiger partial charge in [0.2, 0.25) is 0 Å². The predicted octanol–water partition coefficient (Wildman–Crippen LogP) is 4.07. The maximum atomic E-state index is 12.7.